The molecule has 0 bridgehead atoms. The second kappa shape index (κ2) is 5.62. The normalized spacial score (nSPS) is 23.6. The molecule has 20 heavy (non-hydrogen) atoms. The number of alkyl halides is 2. The molecule has 108 valence electrons. The predicted octanol–water partition coefficient (Wildman–Crippen LogP) is 3.12. The molecule has 4 nitrogen and oxygen atoms in total. The van der Waals surface area contributed by atoms with E-state index in [2.05, 4.69) is 10.5 Å². The quantitative estimate of drug-likeness (QED) is 0.516. The molecule has 0 saturated heterocycles. The van der Waals surface area contributed by atoms with Gasteiger partial charge in [0.15, 0.2) is 0 Å². The van der Waals surface area contributed by atoms with Crippen LogP contribution in [0.1, 0.15) is 25.8 Å². The van der Waals surface area contributed by atoms with Gasteiger partial charge in [-0.25, -0.2) is 5.43 Å². The number of amides is 1. The molecule has 1 fully saturated rings. The lowest BCUT2D eigenvalue weighted by atomic mass is 10.1. The summed E-state index contributed by atoms with van der Waals surface area (Å²) >= 11 is 11.9. The van der Waals surface area contributed by atoms with Gasteiger partial charge in [-0.05, 0) is 50.1 Å². The first-order valence-electron chi connectivity index (χ1n) is 6.33. The number of rotatable bonds is 5. The van der Waals surface area contributed by atoms with Crippen molar-refractivity contribution in [2.24, 2.45) is 10.5 Å². The molecule has 6 heteroatoms. The lowest BCUT2D eigenvalue weighted by Crippen LogP contribution is -2.29. The number of benzene rings is 1. The Morgan fingerprint density at radius 1 is 1.45 bits per heavy atom. The smallest absolute Gasteiger partial charge is 0.249 e. The van der Waals surface area contributed by atoms with Crippen molar-refractivity contribution in [3.8, 4) is 5.75 Å². The fourth-order valence-corrected chi connectivity index (χ4v) is 2.46. The minimum absolute atomic E-state index is 0.273. The first-order chi connectivity index (χ1) is 9.39. The molecule has 0 aliphatic heterocycles. The predicted molar refractivity (Wildman–Crippen MR) is 80.5 cm³/mol. The van der Waals surface area contributed by atoms with Gasteiger partial charge in [-0.2, -0.15) is 5.10 Å². The fraction of sp³-hybridized carbons (Fsp3) is 0.429. The maximum Gasteiger partial charge on any atom is 0.249 e. The van der Waals surface area contributed by atoms with E-state index >= 15 is 0 Å². The lowest BCUT2D eigenvalue weighted by molar-refractivity contribution is -0.125. The standard InChI is InChI=1S/C14H16Cl2N2O2/c1-3-20-11-6-4-10(5-7-11)8-17-18-12(19)13(2)9-14(13,15)16/h4-8H,3,9H2,1-2H3,(H,18,19)/b17-8+. The van der Waals surface area contributed by atoms with E-state index in [1.54, 1.807) is 13.1 Å². The van der Waals surface area contributed by atoms with Crippen LogP contribution in [0, 0.1) is 5.41 Å². The van der Waals surface area contributed by atoms with Crippen molar-refractivity contribution in [1.29, 1.82) is 0 Å². The number of nitrogens with zero attached hydrogens (tertiary/aromatic N) is 1. The summed E-state index contributed by atoms with van der Waals surface area (Å²) in [5, 5.41) is 3.91. The molecule has 0 heterocycles. The third-order valence-corrected chi connectivity index (χ3v) is 4.43. The van der Waals surface area contributed by atoms with Crippen LogP contribution < -0.4 is 10.2 Å². The monoisotopic (exact) mass is 314 g/mol. The average molecular weight is 315 g/mol. The largest absolute Gasteiger partial charge is 0.494 e. The van der Waals surface area contributed by atoms with Gasteiger partial charge >= 0.3 is 0 Å². The second-order valence-corrected chi connectivity index (χ2v) is 6.40. The molecular formula is C14H16Cl2N2O2. The summed E-state index contributed by atoms with van der Waals surface area (Å²) in [6.07, 6.45) is 2.00. The van der Waals surface area contributed by atoms with Gasteiger partial charge in [-0.1, -0.05) is 0 Å². The van der Waals surface area contributed by atoms with Gasteiger partial charge < -0.3 is 4.74 Å². The Balaban J connectivity index is 1.89. The Kier molecular flexibility index (Phi) is 4.25. The summed E-state index contributed by atoms with van der Waals surface area (Å²) < 4.78 is 4.36. The maximum absolute atomic E-state index is 11.9. The van der Waals surface area contributed by atoms with E-state index < -0.39 is 9.75 Å². The van der Waals surface area contributed by atoms with Gasteiger partial charge in [0.2, 0.25) is 5.91 Å². The van der Waals surface area contributed by atoms with Crippen LogP contribution in [0.3, 0.4) is 0 Å². The summed E-state index contributed by atoms with van der Waals surface area (Å²) in [5.74, 6) is 0.526. The van der Waals surface area contributed by atoms with Crippen molar-refractivity contribution in [3.63, 3.8) is 0 Å². The Hall–Kier alpha value is -1.26. The molecule has 1 aliphatic carbocycles. The Morgan fingerprint density at radius 3 is 2.55 bits per heavy atom. The number of carbonyl (C=O) groups is 1. The van der Waals surface area contributed by atoms with Crippen LogP contribution in [0.15, 0.2) is 29.4 Å². The van der Waals surface area contributed by atoms with Crippen molar-refractivity contribution in [1.82, 2.24) is 5.43 Å². The highest BCUT2D eigenvalue weighted by Gasteiger charge is 2.68. The zero-order valence-electron chi connectivity index (χ0n) is 11.3. The van der Waals surface area contributed by atoms with E-state index in [1.165, 1.54) is 0 Å². The third kappa shape index (κ3) is 3.07. The minimum atomic E-state index is -0.980. The molecular weight excluding hydrogens is 299 g/mol. The Morgan fingerprint density at radius 2 is 2.05 bits per heavy atom. The molecule has 1 aromatic carbocycles. The number of hydrazone groups is 1. The van der Waals surface area contributed by atoms with Crippen LogP contribution in [0.2, 0.25) is 0 Å². The van der Waals surface area contributed by atoms with E-state index in [4.69, 9.17) is 27.9 Å². The molecule has 0 aromatic heterocycles. The molecule has 1 atom stereocenters. The van der Waals surface area contributed by atoms with Crippen molar-refractivity contribution in [2.75, 3.05) is 6.61 Å². The van der Waals surface area contributed by atoms with Crippen molar-refractivity contribution in [2.45, 2.75) is 24.6 Å². The summed E-state index contributed by atoms with van der Waals surface area (Å²) in [4.78, 5) is 11.9. The molecule has 1 N–H and O–H groups in total. The van der Waals surface area contributed by atoms with Gasteiger partial charge in [-0.15, -0.1) is 23.2 Å². The maximum atomic E-state index is 11.9. The molecule has 2 rings (SSSR count). The summed E-state index contributed by atoms with van der Waals surface area (Å²) in [6, 6.07) is 7.40. The van der Waals surface area contributed by atoms with Crippen molar-refractivity contribution < 1.29 is 9.53 Å². The minimum Gasteiger partial charge on any atom is -0.494 e. The number of carbonyl (C=O) groups excluding carboxylic acids is 1. The van der Waals surface area contributed by atoms with Crippen LogP contribution in [0.5, 0.6) is 5.75 Å². The van der Waals surface area contributed by atoms with Gasteiger partial charge in [0.1, 0.15) is 10.1 Å². The van der Waals surface area contributed by atoms with Gasteiger partial charge in [0, 0.05) is 0 Å². The van der Waals surface area contributed by atoms with Gasteiger partial charge in [0.25, 0.3) is 0 Å². The van der Waals surface area contributed by atoms with Crippen LogP contribution in [0.4, 0.5) is 0 Å². The zero-order chi connectivity index (χ0) is 14.8. The summed E-state index contributed by atoms with van der Waals surface area (Å²) in [7, 11) is 0. The average Bonchev–Trinajstić information content (AvgIpc) is 2.92. The first kappa shape index (κ1) is 15.1. The zero-order valence-corrected chi connectivity index (χ0v) is 12.8. The van der Waals surface area contributed by atoms with Crippen LogP contribution >= 0.6 is 23.2 Å². The number of nitrogens with one attached hydrogen (secondary N) is 1. The van der Waals surface area contributed by atoms with Gasteiger partial charge in [0.05, 0.1) is 18.2 Å². The molecule has 0 spiro atoms. The summed E-state index contributed by atoms with van der Waals surface area (Å²) in [6.45, 7) is 4.27. The van der Waals surface area contributed by atoms with E-state index in [-0.39, 0.29) is 5.91 Å². The Bertz CT molecular complexity index is 528. The topological polar surface area (TPSA) is 50.7 Å². The highest BCUT2D eigenvalue weighted by atomic mass is 35.5. The molecule has 1 saturated carbocycles. The van der Waals surface area contributed by atoms with E-state index in [0.717, 1.165) is 11.3 Å². The van der Waals surface area contributed by atoms with E-state index in [9.17, 15) is 4.79 Å². The molecule has 1 aliphatic rings. The molecule has 0 radical (unpaired) electrons. The van der Waals surface area contributed by atoms with Crippen molar-refractivity contribution >= 4 is 35.3 Å². The van der Waals surface area contributed by atoms with Crippen LogP contribution in [-0.2, 0) is 4.79 Å². The number of ether oxygens (including phenoxy) is 1. The second-order valence-electron chi connectivity index (χ2n) is 4.91. The molecule has 1 unspecified atom stereocenters. The lowest BCUT2D eigenvalue weighted by Gasteiger charge is -2.08. The number of halogens is 2. The van der Waals surface area contributed by atoms with Crippen LogP contribution in [0.25, 0.3) is 0 Å². The molecule has 1 aromatic rings. The highest BCUT2D eigenvalue weighted by molar-refractivity contribution is 6.53. The highest BCUT2D eigenvalue weighted by Crippen LogP contribution is 2.63. The number of hydrogen-bond acceptors (Lipinski definition) is 3. The van der Waals surface area contributed by atoms with E-state index in [1.807, 2.05) is 31.2 Å². The fourth-order valence-electron chi connectivity index (χ4n) is 1.75. The third-order valence-electron chi connectivity index (χ3n) is 3.33. The SMILES string of the molecule is CCOc1ccc(/C=N/NC(=O)C2(C)CC2(Cl)Cl)cc1. The van der Waals surface area contributed by atoms with Gasteiger partial charge in [-0.3, -0.25) is 4.79 Å². The molecule has 1 amide bonds. The first-order valence-corrected chi connectivity index (χ1v) is 7.09. The Labute approximate surface area is 128 Å². The van der Waals surface area contributed by atoms with E-state index in [0.29, 0.717) is 13.0 Å². The summed E-state index contributed by atoms with van der Waals surface area (Å²) in [5.41, 5.74) is 2.56. The van der Waals surface area contributed by atoms with Crippen LogP contribution in [-0.4, -0.2) is 23.1 Å². The number of hydrogen-bond donors (Lipinski definition) is 1. The van der Waals surface area contributed by atoms with Crippen molar-refractivity contribution in [3.05, 3.63) is 29.8 Å².